The van der Waals surface area contributed by atoms with Crippen LogP contribution in [0.4, 0.5) is 11.4 Å². The van der Waals surface area contributed by atoms with E-state index in [9.17, 15) is 10.2 Å². The Kier molecular flexibility index (Phi) is 8.98. The van der Waals surface area contributed by atoms with E-state index in [1.807, 2.05) is 92.0 Å². The van der Waals surface area contributed by atoms with Gasteiger partial charge in [-0.15, -0.1) is 0 Å². The average Bonchev–Trinajstić information content (AvgIpc) is 2.99. The molecule has 0 amide bonds. The van der Waals surface area contributed by atoms with E-state index < -0.39 is 12.2 Å². The second-order valence-electron chi connectivity index (χ2n) is 8.90. The molecule has 0 radical (unpaired) electrons. The number of rotatable bonds is 10. The maximum absolute atomic E-state index is 10.4. The van der Waals surface area contributed by atoms with Gasteiger partial charge in [0.2, 0.25) is 0 Å². The molecule has 0 spiro atoms. The summed E-state index contributed by atoms with van der Waals surface area (Å²) in [6, 6.07) is 31.1. The van der Waals surface area contributed by atoms with Gasteiger partial charge < -0.3 is 24.6 Å². The van der Waals surface area contributed by atoms with E-state index in [2.05, 4.69) is 29.2 Å². The minimum absolute atomic E-state index is 0.687. The highest BCUT2D eigenvalue weighted by Crippen LogP contribution is 2.26. The van der Waals surface area contributed by atoms with Gasteiger partial charge in [-0.2, -0.15) is 0 Å². The van der Waals surface area contributed by atoms with Crippen LogP contribution in [0.25, 0.3) is 12.2 Å². The fourth-order valence-corrected chi connectivity index (χ4v) is 4.00. The lowest BCUT2D eigenvalue weighted by Gasteiger charge is -2.20. The smallest absolute Gasteiger partial charge is 0.118 e. The van der Waals surface area contributed by atoms with E-state index in [0.29, 0.717) is 0 Å². The predicted octanol–water partition coefficient (Wildman–Crippen LogP) is 6.97. The second-order valence-corrected chi connectivity index (χ2v) is 8.90. The van der Waals surface area contributed by atoms with Gasteiger partial charge in [0.05, 0.1) is 26.4 Å². The topological polar surface area (TPSA) is 62.2 Å². The zero-order chi connectivity index (χ0) is 26.9. The van der Waals surface area contributed by atoms with Gasteiger partial charge in [-0.05, 0) is 70.8 Å². The molecule has 0 aliphatic carbocycles. The zero-order valence-electron chi connectivity index (χ0n) is 21.9. The molecule has 4 aromatic carbocycles. The summed E-state index contributed by atoms with van der Waals surface area (Å²) in [5.74, 6) is 1.53. The first-order valence-corrected chi connectivity index (χ1v) is 12.4. The van der Waals surface area contributed by atoms with Crippen LogP contribution in [0.5, 0.6) is 11.5 Å². The molecule has 0 bridgehead atoms. The molecule has 2 atom stereocenters. The van der Waals surface area contributed by atoms with Crippen LogP contribution >= 0.6 is 0 Å². The highest BCUT2D eigenvalue weighted by Gasteiger charge is 2.07. The Balaban J connectivity index is 1.35. The van der Waals surface area contributed by atoms with Gasteiger partial charge >= 0.3 is 0 Å². The Labute approximate surface area is 224 Å². The minimum atomic E-state index is -0.687. The quantitative estimate of drug-likeness (QED) is 0.243. The largest absolute Gasteiger partial charge is 0.497 e. The standard InChI is InChI=1S/C33H33NO4/c1-34(28-14-4-24(5-15-28)8-22-32(35)26-10-18-30(37-2)19-11-26)29-16-6-25(7-17-29)9-23-33(36)27-12-20-31(38-3)21-13-27/h4-23,32-33,35-36H,1-3H3. The van der Waals surface area contributed by atoms with Gasteiger partial charge in [0.25, 0.3) is 0 Å². The predicted molar refractivity (Wildman–Crippen MR) is 155 cm³/mol. The lowest BCUT2D eigenvalue weighted by Crippen LogP contribution is -2.09. The van der Waals surface area contributed by atoms with Crippen LogP contribution in [-0.2, 0) is 0 Å². The number of benzene rings is 4. The molecule has 0 heterocycles. The summed E-state index contributed by atoms with van der Waals surface area (Å²) in [5.41, 5.74) is 5.74. The average molecular weight is 508 g/mol. The number of nitrogens with zero attached hydrogens (tertiary/aromatic N) is 1. The highest BCUT2D eigenvalue weighted by molar-refractivity contribution is 5.66. The van der Waals surface area contributed by atoms with Crippen LogP contribution in [0.3, 0.4) is 0 Å². The SMILES string of the molecule is COc1ccc(C(O)C=Cc2ccc(N(C)c3ccc(C=CC(O)c4ccc(OC)cc4)cc3)cc2)cc1. The molecule has 5 heteroatoms. The number of hydrogen-bond acceptors (Lipinski definition) is 5. The van der Waals surface area contributed by atoms with Crippen molar-refractivity contribution in [3.05, 3.63) is 131 Å². The Bertz CT molecular complexity index is 1240. The minimum Gasteiger partial charge on any atom is -0.497 e. The Morgan fingerprint density at radius 1 is 0.553 bits per heavy atom. The van der Waals surface area contributed by atoms with E-state index >= 15 is 0 Å². The second kappa shape index (κ2) is 12.8. The van der Waals surface area contributed by atoms with Crippen molar-refractivity contribution in [1.82, 2.24) is 0 Å². The molecule has 4 rings (SSSR count). The third-order valence-electron chi connectivity index (χ3n) is 6.42. The molecule has 0 aliphatic heterocycles. The first kappa shape index (κ1) is 26.7. The summed E-state index contributed by atoms with van der Waals surface area (Å²) >= 11 is 0. The van der Waals surface area contributed by atoms with Gasteiger partial charge in [0.1, 0.15) is 11.5 Å². The monoisotopic (exact) mass is 507 g/mol. The first-order chi connectivity index (χ1) is 18.5. The van der Waals surface area contributed by atoms with Gasteiger partial charge in [-0.25, -0.2) is 0 Å². The lowest BCUT2D eigenvalue weighted by atomic mass is 10.1. The Morgan fingerprint density at radius 3 is 1.21 bits per heavy atom. The fourth-order valence-electron chi connectivity index (χ4n) is 4.00. The normalized spacial score (nSPS) is 13.0. The first-order valence-electron chi connectivity index (χ1n) is 12.4. The third kappa shape index (κ3) is 6.91. The van der Waals surface area contributed by atoms with Crippen LogP contribution in [0.15, 0.2) is 109 Å². The van der Waals surface area contributed by atoms with Crippen molar-refractivity contribution in [2.45, 2.75) is 12.2 Å². The summed E-state index contributed by atoms with van der Waals surface area (Å²) in [4.78, 5) is 2.11. The number of ether oxygens (including phenoxy) is 2. The van der Waals surface area contributed by atoms with E-state index in [0.717, 1.165) is 45.1 Å². The molecule has 0 aromatic heterocycles. The van der Waals surface area contributed by atoms with E-state index in [1.165, 1.54) is 0 Å². The van der Waals surface area contributed by atoms with Crippen LogP contribution in [0.2, 0.25) is 0 Å². The van der Waals surface area contributed by atoms with Crippen molar-refractivity contribution in [2.24, 2.45) is 0 Å². The third-order valence-corrected chi connectivity index (χ3v) is 6.42. The molecule has 2 unspecified atom stereocenters. The Morgan fingerprint density at radius 2 is 0.895 bits per heavy atom. The van der Waals surface area contributed by atoms with Gasteiger partial charge in [0.15, 0.2) is 0 Å². The molecule has 0 saturated carbocycles. The number of aliphatic hydroxyl groups excluding tert-OH is 2. The van der Waals surface area contributed by atoms with Gasteiger partial charge in [0, 0.05) is 18.4 Å². The van der Waals surface area contributed by atoms with Crippen molar-refractivity contribution in [3.63, 3.8) is 0 Å². The number of aliphatic hydroxyl groups is 2. The fraction of sp³-hybridized carbons (Fsp3) is 0.152. The van der Waals surface area contributed by atoms with Crippen molar-refractivity contribution in [1.29, 1.82) is 0 Å². The Hall–Kier alpha value is -4.32. The number of methoxy groups -OCH3 is 2. The molecule has 0 aliphatic rings. The van der Waals surface area contributed by atoms with Crippen molar-refractivity contribution < 1.29 is 19.7 Å². The van der Waals surface area contributed by atoms with Crippen LogP contribution in [0.1, 0.15) is 34.5 Å². The number of hydrogen-bond donors (Lipinski definition) is 2. The van der Waals surface area contributed by atoms with Gasteiger partial charge in [-0.3, -0.25) is 0 Å². The molecule has 0 fully saturated rings. The van der Waals surface area contributed by atoms with Crippen LogP contribution in [0, 0.1) is 0 Å². The molecule has 5 nitrogen and oxygen atoms in total. The van der Waals surface area contributed by atoms with Crippen molar-refractivity contribution in [3.8, 4) is 11.5 Å². The van der Waals surface area contributed by atoms with E-state index in [1.54, 1.807) is 26.4 Å². The lowest BCUT2D eigenvalue weighted by molar-refractivity contribution is 0.229. The molecule has 38 heavy (non-hydrogen) atoms. The summed E-state index contributed by atoms with van der Waals surface area (Å²) in [6.07, 6.45) is 6.01. The van der Waals surface area contributed by atoms with Crippen molar-refractivity contribution in [2.75, 3.05) is 26.2 Å². The molecular weight excluding hydrogens is 474 g/mol. The summed E-state index contributed by atoms with van der Waals surface area (Å²) in [6.45, 7) is 0. The van der Waals surface area contributed by atoms with Crippen LogP contribution in [-0.4, -0.2) is 31.5 Å². The highest BCUT2D eigenvalue weighted by atomic mass is 16.5. The van der Waals surface area contributed by atoms with E-state index in [-0.39, 0.29) is 0 Å². The van der Waals surface area contributed by atoms with E-state index in [4.69, 9.17) is 9.47 Å². The maximum Gasteiger partial charge on any atom is 0.118 e. The maximum atomic E-state index is 10.4. The molecule has 0 saturated heterocycles. The molecule has 2 N–H and O–H groups in total. The molecule has 194 valence electrons. The molecule has 4 aromatic rings. The number of anilines is 2. The van der Waals surface area contributed by atoms with Crippen molar-refractivity contribution >= 4 is 23.5 Å². The summed E-state index contributed by atoms with van der Waals surface area (Å²) < 4.78 is 10.3. The van der Waals surface area contributed by atoms with Crippen LogP contribution < -0.4 is 14.4 Å². The van der Waals surface area contributed by atoms with Gasteiger partial charge in [-0.1, -0.05) is 72.8 Å². The zero-order valence-corrected chi connectivity index (χ0v) is 21.9. The summed E-state index contributed by atoms with van der Waals surface area (Å²) in [7, 11) is 5.27. The summed E-state index contributed by atoms with van der Waals surface area (Å²) in [5, 5.41) is 20.9. The molecular formula is C33H33NO4.